The summed E-state index contributed by atoms with van der Waals surface area (Å²) in [6.07, 6.45) is -1.62. The van der Waals surface area contributed by atoms with Crippen molar-refractivity contribution in [3.05, 3.63) is 71.8 Å². The molecular weight excluding hydrogens is 384 g/mol. The lowest BCUT2D eigenvalue weighted by Crippen LogP contribution is -2.25. The predicted octanol–water partition coefficient (Wildman–Crippen LogP) is 2.87. The Balaban J connectivity index is 1.58. The first-order chi connectivity index (χ1) is 13.1. The molecule has 0 aliphatic carbocycles. The van der Waals surface area contributed by atoms with Crippen molar-refractivity contribution in [2.75, 3.05) is 24.7 Å². The molecule has 2 aromatic carbocycles. The number of ether oxygens (including phenoxy) is 1. The van der Waals surface area contributed by atoms with Gasteiger partial charge < -0.3 is 14.9 Å². The van der Waals surface area contributed by atoms with E-state index >= 15 is 0 Å². The van der Waals surface area contributed by atoms with Crippen molar-refractivity contribution in [1.82, 2.24) is 0 Å². The predicted molar refractivity (Wildman–Crippen MR) is 109 cm³/mol. The fourth-order valence-electron chi connectivity index (χ4n) is 2.10. The van der Waals surface area contributed by atoms with Crippen molar-refractivity contribution < 1.29 is 24.5 Å². The fourth-order valence-corrected chi connectivity index (χ4v) is 3.58. The molecule has 2 atom stereocenters. The Bertz CT molecular complexity index is 647. The molecule has 144 valence electrons. The van der Waals surface area contributed by atoms with Gasteiger partial charge in [0.2, 0.25) is 10.2 Å². The van der Waals surface area contributed by atoms with Gasteiger partial charge in [0.25, 0.3) is 0 Å². The van der Waals surface area contributed by atoms with Gasteiger partial charge in [-0.25, -0.2) is 0 Å². The Hall–Kier alpha value is -1.64. The molecule has 2 rings (SSSR count). The highest BCUT2D eigenvalue weighted by Gasteiger charge is 2.14. The van der Waals surface area contributed by atoms with E-state index in [1.165, 1.54) is 0 Å². The molecular formula is C20H22O5S2. The highest BCUT2D eigenvalue weighted by Crippen LogP contribution is 2.15. The molecule has 0 bridgehead atoms. The minimum atomic E-state index is -0.812. The number of aliphatic hydroxyl groups excluding tert-OH is 2. The summed E-state index contributed by atoms with van der Waals surface area (Å²) in [6.45, 7) is 0.0346. The molecule has 0 spiro atoms. The van der Waals surface area contributed by atoms with E-state index in [1.807, 2.05) is 12.1 Å². The summed E-state index contributed by atoms with van der Waals surface area (Å²) in [4.78, 5) is 23.9. The second kappa shape index (κ2) is 11.9. The first-order valence-electron chi connectivity index (χ1n) is 8.44. The van der Waals surface area contributed by atoms with Gasteiger partial charge in [-0.2, -0.15) is 0 Å². The van der Waals surface area contributed by atoms with Gasteiger partial charge >= 0.3 is 0 Å². The molecule has 0 fully saturated rings. The lowest BCUT2D eigenvalue weighted by Gasteiger charge is -2.13. The maximum atomic E-state index is 11.9. The minimum absolute atomic E-state index is 0.0173. The highest BCUT2D eigenvalue weighted by molar-refractivity contribution is 8.14. The van der Waals surface area contributed by atoms with E-state index in [9.17, 15) is 19.8 Å². The van der Waals surface area contributed by atoms with Crippen LogP contribution in [0, 0.1) is 0 Å². The number of hydrogen-bond donors (Lipinski definition) is 2. The monoisotopic (exact) mass is 406 g/mol. The zero-order valence-corrected chi connectivity index (χ0v) is 16.3. The van der Waals surface area contributed by atoms with Crippen molar-refractivity contribution in [1.29, 1.82) is 0 Å². The molecule has 2 unspecified atom stereocenters. The number of benzene rings is 2. The third-order valence-electron chi connectivity index (χ3n) is 3.45. The minimum Gasteiger partial charge on any atom is -0.390 e. The third-order valence-corrected chi connectivity index (χ3v) is 5.55. The smallest absolute Gasteiger partial charge is 0.219 e. The molecule has 5 nitrogen and oxygen atoms in total. The van der Waals surface area contributed by atoms with Crippen LogP contribution < -0.4 is 0 Å². The fraction of sp³-hybridized carbons (Fsp3) is 0.300. The van der Waals surface area contributed by atoms with Gasteiger partial charge in [0.15, 0.2) is 0 Å². The van der Waals surface area contributed by atoms with Crippen LogP contribution in [0.15, 0.2) is 60.7 Å². The van der Waals surface area contributed by atoms with Gasteiger partial charge in [-0.1, -0.05) is 84.2 Å². The highest BCUT2D eigenvalue weighted by atomic mass is 32.2. The van der Waals surface area contributed by atoms with Crippen LogP contribution >= 0.6 is 23.5 Å². The van der Waals surface area contributed by atoms with Crippen LogP contribution in [0.5, 0.6) is 0 Å². The number of carbonyl (C=O) groups is 2. The molecule has 0 saturated heterocycles. The average molecular weight is 407 g/mol. The van der Waals surface area contributed by atoms with Gasteiger partial charge in [-0.3, -0.25) is 9.59 Å². The molecule has 0 heterocycles. The molecule has 0 radical (unpaired) electrons. The van der Waals surface area contributed by atoms with E-state index in [0.717, 1.165) is 23.5 Å². The Labute approximate surface area is 167 Å². The van der Waals surface area contributed by atoms with Crippen molar-refractivity contribution in [3.63, 3.8) is 0 Å². The average Bonchev–Trinajstić information content (AvgIpc) is 2.71. The van der Waals surface area contributed by atoms with Crippen LogP contribution in [0.3, 0.4) is 0 Å². The number of carbonyl (C=O) groups excluding carboxylic acids is 2. The summed E-state index contributed by atoms with van der Waals surface area (Å²) < 4.78 is 5.28. The van der Waals surface area contributed by atoms with Crippen LogP contribution in [0.1, 0.15) is 20.7 Å². The van der Waals surface area contributed by atoms with Gasteiger partial charge in [0, 0.05) is 22.6 Å². The molecule has 0 aliphatic rings. The molecule has 0 saturated carbocycles. The molecule has 0 aromatic heterocycles. The van der Waals surface area contributed by atoms with E-state index in [-0.39, 0.29) is 35.0 Å². The van der Waals surface area contributed by atoms with Crippen LogP contribution in [0.25, 0.3) is 0 Å². The van der Waals surface area contributed by atoms with E-state index < -0.39 is 12.2 Å². The second-order valence-electron chi connectivity index (χ2n) is 5.77. The topological polar surface area (TPSA) is 83.8 Å². The number of hydrogen-bond acceptors (Lipinski definition) is 7. The molecule has 27 heavy (non-hydrogen) atoms. The SMILES string of the molecule is O=C(SCC(O)COCC(O)CSC(=O)c1ccccc1)c1ccccc1. The maximum Gasteiger partial charge on any atom is 0.219 e. The summed E-state index contributed by atoms with van der Waals surface area (Å²) in [5.41, 5.74) is 1.18. The molecule has 0 amide bonds. The largest absolute Gasteiger partial charge is 0.390 e. The lowest BCUT2D eigenvalue weighted by molar-refractivity contribution is 0.00668. The van der Waals surface area contributed by atoms with Gasteiger partial charge in [-0.05, 0) is 0 Å². The zero-order chi connectivity index (χ0) is 19.5. The Morgan fingerprint density at radius 2 is 1.11 bits per heavy atom. The zero-order valence-electron chi connectivity index (χ0n) is 14.7. The first-order valence-corrected chi connectivity index (χ1v) is 10.4. The van der Waals surface area contributed by atoms with Crippen LogP contribution in [0.4, 0.5) is 0 Å². The van der Waals surface area contributed by atoms with E-state index in [2.05, 4.69) is 0 Å². The summed E-state index contributed by atoms with van der Waals surface area (Å²) in [5.74, 6) is 0.427. The summed E-state index contributed by atoms with van der Waals surface area (Å²) in [6, 6.07) is 17.7. The normalized spacial score (nSPS) is 13.1. The maximum absolute atomic E-state index is 11.9. The molecule has 2 N–H and O–H groups in total. The second-order valence-corrected chi connectivity index (χ2v) is 7.76. The number of aliphatic hydroxyl groups is 2. The Morgan fingerprint density at radius 1 is 0.741 bits per heavy atom. The van der Waals surface area contributed by atoms with Crippen molar-refractivity contribution in [2.24, 2.45) is 0 Å². The van der Waals surface area contributed by atoms with Crippen molar-refractivity contribution in [3.8, 4) is 0 Å². The van der Waals surface area contributed by atoms with Crippen LogP contribution in [0.2, 0.25) is 0 Å². The van der Waals surface area contributed by atoms with E-state index in [4.69, 9.17) is 4.74 Å². The standard InChI is InChI=1S/C20H22O5S2/c21-17(13-26-19(23)15-7-3-1-4-8-15)11-25-12-18(22)14-27-20(24)16-9-5-2-6-10-16/h1-10,17-18,21-22H,11-14H2. The van der Waals surface area contributed by atoms with Crippen molar-refractivity contribution in [2.45, 2.75) is 12.2 Å². The summed E-state index contributed by atoms with van der Waals surface area (Å²) in [5, 5.41) is 19.6. The quantitative estimate of drug-likeness (QED) is 0.628. The van der Waals surface area contributed by atoms with Crippen molar-refractivity contribution >= 4 is 33.8 Å². The van der Waals surface area contributed by atoms with E-state index in [1.54, 1.807) is 48.5 Å². The Morgan fingerprint density at radius 3 is 1.48 bits per heavy atom. The van der Waals surface area contributed by atoms with Gasteiger partial charge in [-0.15, -0.1) is 0 Å². The molecule has 2 aromatic rings. The number of rotatable bonds is 10. The first kappa shape index (κ1) is 21.7. The van der Waals surface area contributed by atoms with Gasteiger partial charge in [0.1, 0.15) is 0 Å². The molecule has 0 aliphatic heterocycles. The van der Waals surface area contributed by atoms with E-state index in [0.29, 0.717) is 11.1 Å². The van der Waals surface area contributed by atoms with Gasteiger partial charge in [0.05, 0.1) is 25.4 Å². The van der Waals surface area contributed by atoms with Crippen LogP contribution in [-0.2, 0) is 4.74 Å². The summed E-state index contributed by atoms with van der Waals surface area (Å²) >= 11 is 2.06. The third kappa shape index (κ3) is 8.28. The van der Waals surface area contributed by atoms with Crippen LogP contribution in [-0.4, -0.2) is 57.4 Å². The lowest BCUT2D eigenvalue weighted by atomic mass is 10.2. The molecule has 7 heteroatoms. The Kier molecular flexibility index (Phi) is 9.58. The number of thioether (sulfide) groups is 2. The summed E-state index contributed by atoms with van der Waals surface area (Å²) in [7, 11) is 0.